The number of nitrogens with zero attached hydrogens (tertiary/aromatic N) is 2. The molecule has 1 aliphatic heterocycles. The molecule has 2 rings (SSSR count). The quantitative estimate of drug-likeness (QED) is 0.883. The van der Waals surface area contributed by atoms with Crippen molar-refractivity contribution < 1.29 is 0 Å². The van der Waals surface area contributed by atoms with E-state index in [1.165, 1.54) is 24.3 Å². The van der Waals surface area contributed by atoms with E-state index in [-0.39, 0.29) is 0 Å². The monoisotopic (exact) mass is 261 g/mol. The van der Waals surface area contributed by atoms with Crippen LogP contribution < -0.4 is 5.32 Å². The third-order valence-electron chi connectivity index (χ3n) is 4.05. The molecule has 0 bridgehead atoms. The van der Waals surface area contributed by atoms with Gasteiger partial charge in [0.05, 0.1) is 5.69 Å². The van der Waals surface area contributed by atoms with Gasteiger partial charge in [0, 0.05) is 38.4 Å². The molecule has 0 amide bonds. The first-order valence-corrected chi connectivity index (χ1v) is 7.44. The average Bonchev–Trinajstić information content (AvgIpc) is 2.67. The molecule has 2 unspecified atom stereocenters. The Hall–Kier alpha value is -0.930. The Morgan fingerprint density at radius 2 is 1.95 bits per heavy atom. The van der Waals surface area contributed by atoms with Crippen molar-refractivity contribution in [2.45, 2.75) is 46.8 Å². The van der Waals surface area contributed by atoms with Gasteiger partial charge in [-0.25, -0.2) is 0 Å². The Balaban J connectivity index is 1.85. The van der Waals surface area contributed by atoms with Gasteiger partial charge in [-0.2, -0.15) is 0 Å². The van der Waals surface area contributed by atoms with Crippen LogP contribution in [0, 0.1) is 11.8 Å². The molecule has 0 aromatic carbocycles. The summed E-state index contributed by atoms with van der Waals surface area (Å²) in [5.41, 5.74) is 2.45. The number of pyridine rings is 1. The van der Waals surface area contributed by atoms with Crippen molar-refractivity contribution in [3.63, 3.8) is 0 Å². The van der Waals surface area contributed by atoms with E-state index in [0.717, 1.165) is 24.9 Å². The molecular weight excluding hydrogens is 234 g/mol. The molecule has 1 saturated heterocycles. The number of rotatable bonds is 5. The highest BCUT2D eigenvalue weighted by atomic mass is 15.2. The minimum atomic E-state index is 0.521. The van der Waals surface area contributed by atoms with Gasteiger partial charge in [-0.1, -0.05) is 33.8 Å². The zero-order valence-electron chi connectivity index (χ0n) is 12.7. The third-order valence-corrected chi connectivity index (χ3v) is 4.05. The van der Waals surface area contributed by atoms with Gasteiger partial charge in [0.25, 0.3) is 0 Å². The number of nitrogens with one attached hydrogen (secondary N) is 1. The number of aromatic nitrogens is 1. The second-order valence-electron chi connectivity index (χ2n) is 6.34. The van der Waals surface area contributed by atoms with Gasteiger partial charge in [0.15, 0.2) is 0 Å². The van der Waals surface area contributed by atoms with Crippen molar-refractivity contribution >= 4 is 0 Å². The van der Waals surface area contributed by atoms with E-state index in [9.17, 15) is 0 Å². The molecule has 1 aromatic heterocycles. The molecular formula is C16H27N3. The Labute approximate surface area is 117 Å². The Bertz CT molecular complexity index is 375. The molecule has 1 fully saturated rings. The second-order valence-corrected chi connectivity index (χ2v) is 6.34. The predicted octanol–water partition coefficient (Wildman–Crippen LogP) is 2.67. The molecule has 19 heavy (non-hydrogen) atoms. The van der Waals surface area contributed by atoms with E-state index in [0.29, 0.717) is 6.04 Å². The summed E-state index contributed by atoms with van der Waals surface area (Å²) in [5, 5.41) is 3.42. The molecule has 2 atom stereocenters. The summed E-state index contributed by atoms with van der Waals surface area (Å²) < 4.78 is 0. The van der Waals surface area contributed by atoms with Crippen LogP contribution in [0.4, 0.5) is 0 Å². The number of hydrogen-bond donors (Lipinski definition) is 1. The molecule has 0 aliphatic carbocycles. The van der Waals surface area contributed by atoms with Gasteiger partial charge < -0.3 is 5.32 Å². The van der Waals surface area contributed by atoms with Crippen molar-refractivity contribution in [1.82, 2.24) is 15.2 Å². The lowest BCUT2D eigenvalue weighted by atomic mass is 10.0. The van der Waals surface area contributed by atoms with E-state index in [1.807, 2.05) is 6.20 Å². The number of likely N-dealkylation sites (tertiary alicyclic amines) is 1. The summed E-state index contributed by atoms with van der Waals surface area (Å²) in [5.74, 6) is 1.63. The highest BCUT2D eigenvalue weighted by Gasteiger charge is 2.25. The molecule has 0 spiro atoms. The minimum absolute atomic E-state index is 0.521. The van der Waals surface area contributed by atoms with E-state index < -0.39 is 0 Å². The first-order chi connectivity index (χ1) is 9.04. The van der Waals surface area contributed by atoms with Crippen LogP contribution in [0.1, 0.15) is 39.0 Å². The van der Waals surface area contributed by atoms with Gasteiger partial charge >= 0.3 is 0 Å². The zero-order valence-corrected chi connectivity index (χ0v) is 12.7. The predicted molar refractivity (Wildman–Crippen MR) is 79.8 cm³/mol. The fourth-order valence-electron chi connectivity index (χ4n) is 2.58. The Kier molecular flexibility index (Phi) is 4.94. The lowest BCUT2D eigenvalue weighted by molar-refractivity contribution is 0.312. The molecule has 0 saturated carbocycles. The SMILES string of the molecule is CC(C)NCc1ccc(CN2CC(C)C(C)C2)nc1. The van der Waals surface area contributed by atoms with Crippen LogP contribution in [0.25, 0.3) is 0 Å². The normalized spacial score (nSPS) is 24.3. The standard InChI is InChI=1S/C16H27N3/c1-12(2)17-7-15-5-6-16(18-8-15)11-19-9-13(3)14(4)10-19/h5-6,8,12-14,17H,7,9-11H2,1-4H3. The van der Waals surface area contributed by atoms with Gasteiger partial charge in [0.1, 0.15) is 0 Å². The lowest BCUT2D eigenvalue weighted by Gasteiger charge is -2.15. The first kappa shape index (κ1) is 14.5. The summed E-state index contributed by atoms with van der Waals surface area (Å²) in [6.45, 7) is 13.3. The number of hydrogen-bond acceptors (Lipinski definition) is 3. The Morgan fingerprint density at radius 3 is 2.47 bits per heavy atom. The minimum Gasteiger partial charge on any atom is -0.310 e. The maximum absolute atomic E-state index is 4.59. The molecule has 1 aliphatic rings. The van der Waals surface area contributed by atoms with Crippen molar-refractivity contribution in [3.05, 3.63) is 29.6 Å². The van der Waals surface area contributed by atoms with E-state index in [2.05, 4.69) is 55.0 Å². The fourth-order valence-corrected chi connectivity index (χ4v) is 2.58. The van der Waals surface area contributed by atoms with Crippen molar-refractivity contribution in [2.24, 2.45) is 11.8 Å². The Morgan fingerprint density at radius 1 is 1.26 bits per heavy atom. The maximum Gasteiger partial charge on any atom is 0.0544 e. The molecule has 3 nitrogen and oxygen atoms in total. The van der Waals surface area contributed by atoms with Crippen LogP contribution in [0.2, 0.25) is 0 Å². The molecule has 3 heteroatoms. The molecule has 106 valence electrons. The third kappa shape index (κ3) is 4.29. The lowest BCUT2D eigenvalue weighted by Crippen LogP contribution is -2.22. The topological polar surface area (TPSA) is 28.2 Å². The molecule has 1 aromatic rings. The van der Waals surface area contributed by atoms with Crippen molar-refractivity contribution in [2.75, 3.05) is 13.1 Å². The van der Waals surface area contributed by atoms with E-state index in [4.69, 9.17) is 0 Å². The zero-order chi connectivity index (χ0) is 13.8. The summed E-state index contributed by atoms with van der Waals surface area (Å²) in [6.07, 6.45) is 2.01. The van der Waals surface area contributed by atoms with Crippen LogP contribution in [0.15, 0.2) is 18.3 Å². The largest absolute Gasteiger partial charge is 0.310 e. The highest BCUT2D eigenvalue weighted by Crippen LogP contribution is 2.23. The van der Waals surface area contributed by atoms with Gasteiger partial charge in [-0.15, -0.1) is 0 Å². The van der Waals surface area contributed by atoms with Crippen molar-refractivity contribution in [1.29, 1.82) is 0 Å². The summed E-state index contributed by atoms with van der Waals surface area (Å²) in [4.78, 5) is 7.11. The highest BCUT2D eigenvalue weighted by molar-refractivity contribution is 5.14. The summed E-state index contributed by atoms with van der Waals surface area (Å²) in [7, 11) is 0. The van der Waals surface area contributed by atoms with Crippen LogP contribution in [0.3, 0.4) is 0 Å². The second kappa shape index (κ2) is 6.49. The van der Waals surface area contributed by atoms with Crippen LogP contribution in [0.5, 0.6) is 0 Å². The van der Waals surface area contributed by atoms with Gasteiger partial charge in [-0.05, 0) is 23.5 Å². The van der Waals surface area contributed by atoms with Crippen molar-refractivity contribution in [3.8, 4) is 0 Å². The smallest absolute Gasteiger partial charge is 0.0544 e. The van der Waals surface area contributed by atoms with E-state index >= 15 is 0 Å². The maximum atomic E-state index is 4.59. The van der Waals surface area contributed by atoms with Gasteiger partial charge in [-0.3, -0.25) is 9.88 Å². The molecule has 1 N–H and O–H groups in total. The average molecular weight is 261 g/mol. The van der Waals surface area contributed by atoms with Crippen LogP contribution >= 0.6 is 0 Å². The summed E-state index contributed by atoms with van der Waals surface area (Å²) in [6, 6.07) is 4.89. The molecule has 0 radical (unpaired) electrons. The summed E-state index contributed by atoms with van der Waals surface area (Å²) >= 11 is 0. The fraction of sp³-hybridized carbons (Fsp3) is 0.688. The van der Waals surface area contributed by atoms with E-state index in [1.54, 1.807) is 0 Å². The van der Waals surface area contributed by atoms with Crippen LogP contribution in [-0.2, 0) is 13.1 Å². The molecule has 2 heterocycles. The first-order valence-electron chi connectivity index (χ1n) is 7.44. The van der Waals surface area contributed by atoms with Crippen LogP contribution in [-0.4, -0.2) is 29.0 Å². The van der Waals surface area contributed by atoms with Gasteiger partial charge in [0.2, 0.25) is 0 Å².